The Labute approximate surface area is 160 Å². The third kappa shape index (κ3) is 3.55. The number of ether oxygens (including phenoxy) is 1. The van der Waals surface area contributed by atoms with E-state index in [1.807, 2.05) is 49.5 Å². The fraction of sp³-hybridized carbons (Fsp3) is 0.143. The maximum absolute atomic E-state index is 12.5. The standard InChI is InChI=1S/C21H18N4O3/c1-15-4-2-5-18-20(15)22-14-24(21(18)27)12-19(26)28-13-16-6-8-17(9-7-16)25-11-3-10-23-25/h2-11,14H,12-13H2,1H3. The number of aryl methyl sites for hydroxylation is 1. The predicted octanol–water partition coefficient (Wildman–Crippen LogP) is 2.63. The summed E-state index contributed by atoms with van der Waals surface area (Å²) in [6, 6.07) is 14.8. The molecular weight excluding hydrogens is 356 g/mol. The topological polar surface area (TPSA) is 79.0 Å². The smallest absolute Gasteiger partial charge is 0.326 e. The summed E-state index contributed by atoms with van der Waals surface area (Å²) in [5, 5.41) is 4.66. The van der Waals surface area contributed by atoms with Gasteiger partial charge in [-0.2, -0.15) is 5.10 Å². The summed E-state index contributed by atoms with van der Waals surface area (Å²) in [6.45, 7) is 1.85. The maximum atomic E-state index is 12.5. The first kappa shape index (κ1) is 17.7. The Bertz CT molecular complexity index is 1180. The number of aromatic nitrogens is 4. The highest BCUT2D eigenvalue weighted by atomic mass is 16.5. The molecule has 0 aliphatic carbocycles. The van der Waals surface area contributed by atoms with Crippen LogP contribution in [0.5, 0.6) is 0 Å². The highest BCUT2D eigenvalue weighted by Gasteiger charge is 2.10. The Morgan fingerprint density at radius 1 is 1.11 bits per heavy atom. The Balaban J connectivity index is 1.42. The zero-order chi connectivity index (χ0) is 19.5. The van der Waals surface area contributed by atoms with Gasteiger partial charge in [-0.1, -0.05) is 24.3 Å². The molecule has 0 fully saturated rings. The number of hydrogen-bond donors (Lipinski definition) is 0. The third-order valence-electron chi connectivity index (χ3n) is 4.46. The van der Waals surface area contributed by atoms with Gasteiger partial charge in [0, 0.05) is 12.4 Å². The van der Waals surface area contributed by atoms with Crippen LogP contribution in [-0.2, 0) is 22.7 Å². The highest BCUT2D eigenvalue weighted by molar-refractivity contribution is 5.80. The van der Waals surface area contributed by atoms with Crippen LogP contribution in [0, 0.1) is 6.92 Å². The molecule has 28 heavy (non-hydrogen) atoms. The summed E-state index contributed by atoms with van der Waals surface area (Å²) in [5.74, 6) is -0.493. The second kappa shape index (κ2) is 7.48. The number of fused-ring (bicyclic) bond motifs is 1. The normalized spacial score (nSPS) is 10.9. The Morgan fingerprint density at radius 3 is 2.68 bits per heavy atom. The lowest BCUT2D eigenvalue weighted by molar-refractivity contribution is -0.145. The minimum Gasteiger partial charge on any atom is -0.459 e. The van der Waals surface area contributed by atoms with Crippen LogP contribution in [0.15, 0.2) is 72.0 Å². The molecule has 0 atom stereocenters. The van der Waals surface area contributed by atoms with E-state index in [4.69, 9.17) is 4.74 Å². The number of para-hydroxylation sites is 1. The lowest BCUT2D eigenvalue weighted by Gasteiger charge is -2.09. The molecule has 0 aliphatic heterocycles. The van der Waals surface area contributed by atoms with Gasteiger partial charge in [-0.3, -0.25) is 14.2 Å². The number of carbonyl (C=O) groups excluding carboxylic acids is 1. The van der Waals surface area contributed by atoms with Crippen LogP contribution in [0.3, 0.4) is 0 Å². The van der Waals surface area contributed by atoms with Gasteiger partial charge in [0.1, 0.15) is 13.2 Å². The minimum atomic E-state index is -0.493. The van der Waals surface area contributed by atoms with E-state index < -0.39 is 5.97 Å². The van der Waals surface area contributed by atoms with Crippen LogP contribution in [0.2, 0.25) is 0 Å². The van der Waals surface area contributed by atoms with E-state index in [2.05, 4.69) is 10.1 Å². The van der Waals surface area contributed by atoms with Crippen LogP contribution in [0.4, 0.5) is 0 Å². The summed E-state index contributed by atoms with van der Waals surface area (Å²) >= 11 is 0. The lowest BCUT2D eigenvalue weighted by Crippen LogP contribution is -2.25. The first-order chi connectivity index (χ1) is 13.6. The quantitative estimate of drug-likeness (QED) is 0.502. The van der Waals surface area contributed by atoms with Gasteiger partial charge in [0.25, 0.3) is 5.56 Å². The molecule has 0 saturated heterocycles. The minimum absolute atomic E-state index is 0.132. The number of benzene rings is 2. The first-order valence-corrected chi connectivity index (χ1v) is 8.81. The van der Waals surface area contributed by atoms with Crippen molar-refractivity contribution < 1.29 is 9.53 Å². The molecule has 0 spiro atoms. The molecular formula is C21H18N4O3. The molecule has 0 radical (unpaired) electrons. The van der Waals surface area contributed by atoms with Crippen LogP contribution >= 0.6 is 0 Å². The van der Waals surface area contributed by atoms with Crippen molar-refractivity contribution in [2.75, 3.05) is 0 Å². The number of carbonyl (C=O) groups is 1. The van der Waals surface area contributed by atoms with E-state index in [1.54, 1.807) is 23.0 Å². The zero-order valence-corrected chi connectivity index (χ0v) is 15.3. The lowest BCUT2D eigenvalue weighted by atomic mass is 10.1. The molecule has 4 rings (SSSR count). The molecule has 2 heterocycles. The van der Waals surface area contributed by atoms with E-state index >= 15 is 0 Å². The molecule has 7 nitrogen and oxygen atoms in total. The second-order valence-electron chi connectivity index (χ2n) is 6.43. The van der Waals surface area contributed by atoms with Crippen LogP contribution in [0.1, 0.15) is 11.1 Å². The highest BCUT2D eigenvalue weighted by Crippen LogP contribution is 2.12. The average Bonchev–Trinajstić information content (AvgIpc) is 3.24. The van der Waals surface area contributed by atoms with Gasteiger partial charge in [-0.05, 0) is 42.3 Å². The molecule has 2 aromatic carbocycles. The predicted molar refractivity (Wildman–Crippen MR) is 104 cm³/mol. The molecule has 4 aromatic rings. The third-order valence-corrected chi connectivity index (χ3v) is 4.46. The molecule has 0 amide bonds. The molecule has 140 valence electrons. The molecule has 2 aromatic heterocycles. The summed E-state index contributed by atoms with van der Waals surface area (Å²) in [4.78, 5) is 29.0. The van der Waals surface area contributed by atoms with Crippen molar-refractivity contribution in [3.05, 3.63) is 88.7 Å². The monoisotopic (exact) mass is 374 g/mol. The number of nitrogens with zero attached hydrogens (tertiary/aromatic N) is 4. The van der Waals surface area contributed by atoms with Crippen molar-refractivity contribution in [3.63, 3.8) is 0 Å². The summed E-state index contributed by atoms with van der Waals surface area (Å²) in [6.07, 6.45) is 4.95. The van der Waals surface area contributed by atoms with E-state index in [0.717, 1.165) is 16.8 Å². The van der Waals surface area contributed by atoms with Crippen LogP contribution in [-0.4, -0.2) is 25.3 Å². The zero-order valence-electron chi connectivity index (χ0n) is 15.3. The van der Waals surface area contributed by atoms with Crippen molar-refractivity contribution in [1.82, 2.24) is 19.3 Å². The fourth-order valence-corrected chi connectivity index (χ4v) is 2.97. The van der Waals surface area contributed by atoms with E-state index in [9.17, 15) is 9.59 Å². The van der Waals surface area contributed by atoms with E-state index in [0.29, 0.717) is 10.9 Å². The van der Waals surface area contributed by atoms with Gasteiger partial charge in [0.15, 0.2) is 0 Å². The Hall–Kier alpha value is -3.74. The van der Waals surface area contributed by atoms with E-state index in [-0.39, 0.29) is 18.7 Å². The number of rotatable bonds is 5. The van der Waals surface area contributed by atoms with Gasteiger partial charge >= 0.3 is 5.97 Å². The molecule has 0 saturated carbocycles. The maximum Gasteiger partial charge on any atom is 0.326 e. The van der Waals surface area contributed by atoms with Gasteiger partial charge in [0.05, 0.1) is 22.9 Å². The molecule has 0 unspecified atom stereocenters. The van der Waals surface area contributed by atoms with Gasteiger partial charge in [0.2, 0.25) is 0 Å². The van der Waals surface area contributed by atoms with Crippen molar-refractivity contribution >= 4 is 16.9 Å². The van der Waals surface area contributed by atoms with Crippen LogP contribution in [0.25, 0.3) is 16.6 Å². The first-order valence-electron chi connectivity index (χ1n) is 8.81. The molecule has 0 bridgehead atoms. The Morgan fingerprint density at radius 2 is 1.93 bits per heavy atom. The molecule has 0 aliphatic rings. The Kier molecular flexibility index (Phi) is 4.72. The van der Waals surface area contributed by atoms with Crippen molar-refractivity contribution in [2.24, 2.45) is 0 Å². The largest absolute Gasteiger partial charge is 0.459 e. The molecule has 0 N–H and O–H groups in total. The van der Waals surface area contributed by atoms with Gasteiger partial charge < -0.3 is 4.74 Å². The summed E-state index contributed by atoms with van der Waals surface area (Å²) in [7, 11) is 0. The van der Waals surface area contributed by atoms with Gasteiger partial charge in [-0.15, -0.1) is 0 Å². The fourth-order valence-electron chi connectivity index (χ4n) is 2.97. The van der Waals surface area contributed by atoms with Crippen molar-refractivity contribution in [1.29, 1.82) is 0 Å². The number of hydrogen-bond acceptors (Lipinski definition) is 5. The average molecular weight is 374 g/mol. The second-order valence-corrected chi connectivity index (χ2v) is 6.43. The van der Waals surface area contributed by atoms with E-state index in [1.165, 1.54) is 10.9 Å². The van der Waals surface area contributed by atoms with Crippen molar-refractivity contribution in [3.8, 4) is 5.69 Å². The summed E-state index contributed by atoms with van der Waals surface area (Å²) < 4.78 is 8.32. The van der Waals surface area contributed by atoms with Gasteiger partial charge in [-0.25, -0.2) is 9.67 Å². The summed E-state index contributed by atoms with van der Waals surface area (Å²) in [5.41, 5.74) is 3.08. The van der Waals surface area contributed by atoms with Crippen LogP contribution < -0.4 is 5.56 Å². The molecule has 7 heteroatoms. The van der Waals surface area contributed by atoms with Crippen molar-refractivity contribution in [2.45, 2.75) is 20.1 Å². The SMILES string of the molecule is Cc1cccc2c(=O)n(CC(=O)OCc3ccc(-n4cccn4)cc3)cnc12. The number of esters is 1.